The molecule has 1 aromatic carbocycles. The zero-order valence-electron chi connectivity index (χ0n) is 11.7. The molecule has 0 N–H and O–H groups in total. The summed E-state index contributed by atoms with van der Waals surface area (Å²) in [5.41, 5.74) is 1.65. The van der Waals surface area contributed by atoms with Crippen molar-refractivity contribution < 1.29 is 9.18 Å². The first-order valence-corrected chi connectivity index (χ1v) is 7.22. The second-order valence-corrected chi connectivity index (χ2v) is 5.30. The Morgan fingerprint density at radius 2 is 1.81 bits per heavy atom. The Kier molecular flexibility index (Phi) is 3.95. The number of nitrogens with zero attached hydrogens (tertiary/aromatic N) is 2. The van der Waals surface area contributed by atoms with Crippen molar-refractivity contribution in [1.82, 2.24) is 9.88 Å². The average Bonchev–Trinajstić information content (AvgIpc) is 2.56. The van der Waals surface area contributed by atoms with Crippen molar-refractivity contribution >= 4 is 5.91 Å². The number of hydrogen-bond acceptors (Lipinski definition) is 2. The molecule has 2 aromatic rings. The topological polar surface area (TPSA) is 33.2 Å². The summed E-state index contributed by atoms with van der Waals surface area (Å²) < 4.78 is 13.1. The third-order valence-electron chi connectivity index (χ3n) is 3.95. The van der Waals surface area contributed by atoms with E-state index in [-0.39, 0.29) is 17.8 Å². The van der Waals surface area contributed by atoms with Crippen molar-refractivity contribution in [1.29, 1.82) is 0 Å². The molecule has 21 heavy (non-hydrogen) atoms. The summed E-state index contributed by atoms with van der Waals surface area (Å²) in [5.74, 6) is -0.229. The van der Waals surface area contributed by atoms with Crippen LogP contribution in [-0.4, -0.2) is 22.3 Å². The fourth-order valence-electron chi connectivity index (χ4n) is 2.87. The lowest BCUT2D eigenvalue weighted by Crippen LogP contribution is -2.38. The third kappa shape index (κ3) is 2.94. The van der Waals surface area contributed by atoms with Gasteiger partial charge in [0.15, 0.2) is 0 Å². The van der Waals surface area contributed by atoms with Crippen molar-refractivity contribution in [2.24, 2.45) is 0 Å². The van der Waals surface area contributed by atoms with Crippen LogP contribution < -0.4 is 0 Å². The summed E-state index contributed by atoms with van der Waals surface area (Å²) in [5, 5.41) is 0. The Balaban J connectivity index is 1.88. The van der Waals surface area contributed by atoms with Crippen LogP contribution in [0.2, 0.25) is 0 Å². The second kappa shape index (κ2) is 6.04. The van der Waals surface area contributed by atoms with Gasteiger partial charge in [0.05, 0.1) is 6.04 Å². The molecule has 0 aliphatic carbocycles. The lowest BCUT2D eigenvalue weighted by molar-refractivity contribution is 0.0611. The second-order valence-electron chi connectivity index (χ2n) is 5.30. The van der Waals surface area contributed by atoms with Gasteiger partial charge in [0.25, 0.3) is 5.91 Å². The number of amides is 1. The van der Waals surface area contributed by atoms with Crippen LogP contribution in [0, 0.1) is 5.82 Å². The summed E-state index contributed by atoms with van der Waals surface area (Å²) >= 11 is 0. The number of pyridine rings is 1. The molecule has 1 atom stereocenters. The van der Waals surface area contributed by atoms with Gasteiger partial charge in [-0.1, -0.05) is 12.1 Å². The number of hydrogen-bond donors (Lipinski definition) is 0. The monoisotopic (exact) mass is 284 g/mol. The van der Waals surface area contributed by atoms with Gasteiger partial charge in [0.2, 0.25) is 0 Å². The van der Waals surface area contributed by atoms with E-state index in [0.29, 0.717) is 5.56 Å². The Bertz CT molecular complexity index is 612. The molecule has 1 aromatic heterocycles. The van der Waals surface area contributed by atoms with Crippen molar-refractivity contribution in [2.75, 3.05) is 6.54 Å². The molecular formula is C17H17FN2O. The summed E-state index contributed by atoms with van der Waals surface area (Å²) in [6, 6.07) is 9.96. The highest BCUT2D eigenvalue weighted by atomic mass is 19.1. The normalized spacial score (nSPS) is 18.5. The Morgan fingerprint density at radius 1 is 1.10 bits per heavy atom. The Labute approximate surface area is 123 Å². The largest absolute Gasteiger partial charge is 0.332 e. The molecule has 2 heterocycles. The predicted octanol–water partition coefficient (Wildman–Crippen LogP) is 3.59. The SMILES string of the molecule is O=C(c1ccncc1)N1CCCC[C@H]1c1ccc(F)cc1. The van der Waals surface area contributed by atoms with Gasteiger partial charge < -0.3 is 4.90 Å². The van der Waals surface area contributed by atoms with E-state index >= 15 is 0 Å². The molecule has 1 amide bonds. The van der Waals surface area contributed by atoms with Crippen LogP contribution in [-0.2, 0) is 0 Å². The third-order valence-corrected chi connectivity index (χ3v) is 3.95. The number of benzene rings is 1. The maximum absolute atomic E-state index is 13.1. The van der Waals surface area contributed by atoms with Crippen molar-refractivity contribution in [3.05, 3.63) is 65.7 Å². The molecular weight excluding hydrogens is 267 g/mol. The molecule has 0 unspecified atom stereocenters. The van der Waals surface area contributed by atoms with Gasteiger partial charge in [0, 0.05) is 24.5 Å². The highest BCUT2D eigenvalue weighted by Gasteiger charge is 2.28. The number of halogens is 1. The molecule has 1 fully saturated rings. The van der Waals surface area contributed by atoms with Crippen molar-refractivity contribution in [3.63, 3.8) is 0 Å². The van der Waals surface area contributed by atoms with Crippen LogP contribution in [0.15, 0.2) is 48.8 Å². The molecule has 1 aliphatic heterocycles. The fourth-order valence-corrected chi connectivity index (χ4v) is 2.87. The zero-order chi connectivity index (χ0) is 14.7. The highest BCUT2D eigenvalue weighted by molar-refractivity contribution is 5.94. The van der Waals surface area contributed by atoms with E-state index in [9.17, 15) is 9.18 Å². The van der Waals surface area contributed by atoms with Crippen molar-refractivity contribution in [2.45, 2.75) is 25.3 Å². The molecule has 4 heteroatoms. The molecule has 0 radical (unpaired) electrons. The molecule has 1 saturated heterocycles. The van der Waals surface area contributed by atoms with Crippen LogP contribution in [0.1, 0.15) is 41.2 Å². The molecule has 1 aliphatic rings. The minimum absolute atomic E-state index is 0.0198. The van der Waals surface area contributed by atoms with Gasteiger partial charge in [-0.25, -0.2) is 4.39 Å². The number of carbonyl (C=O) groups excluding carboxylic acids is 1. The minimum Gasteiger partial charge on any atom is -0.332 e. The quantitative estimate of drug-likeness (QED) is 0.844. The number of likely N-dealkylation sites (tertiary alicyclic amines) is 1. The first-order valence-electron chi connectivity index (χ1n) is 7.22. The number of rotatable bonds is 2. The van der Waals surface area contributed by atoms with Gasteiger partial charge in [-0.15, -0.1) is 0 Å². The molecule has 108 valence electrons. The van der Waals surface area contributed by atoms with E-state index in [0.717, 1.165) is 31.4 Å². The summed E-state index contributed by atoms with van der Waals surface area (Å²) in [6.45, 7) is 0.739. The average molecular weight is 284 g/mol. The highest BCUT2D eigenvalue weighted by Crippen LogP contribution is 2.32. The Hall–Kier alpha value is -2.23. The first kappa shape index (κ1) is 13.7. The van der Waals surface area contributed by atoms with Crippen LogP contribution >= 0.6 is 0 Å². The zero-order valence-corrected chi connectivity index (χ0v) is 11.7. The van der Waals surface area contributed by atoms with E-state index in [4.69, 9.17) is 0 Å². The number of carbonyl (C=O) groups is 1. The molecule has 3 rings (SSSR count). The Morgan fingerprint density at radius 3 is 2.52 bits per heavy atom. The summed E-state index contributed by atoms with van der Waals surface area (Å²) in [6.07, 6.45) is 6.27. The number of piperidine rings is 1. The summed E-state index contributed by atoms with van der Waals surface area (Å²) in [7, 11) is 0. The molecule has 0 spiro atoms. The van der Waals surface area contributed by atoms with Crippen LogP contribution in [0.4, 0.5) is 4.39 Å². The number of aromatic nitrogens is 1. The van der Waals surface area contributed by atoms with Gasteiger partial charge in [0.1, 0.15) is 5.82 Å². The van der Waals surface area contributed by atoms with E-state index < -0.39 is 0 Å². The lowest BCUT2D eigenvalue weighted by Gasteiger charge is -2.36. The van der Waals surface area contributed by atoms with Gasteiger partial charge in [-0.3, -0.25) is 9.78 Å². The van der Waals surface area contributed by atoms with Gasteiger partial charge in [-0.2, -0.15) is 0 Å². The molecule has 3 nitrogen and oxygen atoms in total. The maximum Gasteiger partial charge on any atom is 0.254 e. The van der Waals surface area contributed by atoms with Gasteiger partial charge >= 0.3 is 0 Å². The minimum atomic E-state index is -0.249. The van der Waals surface area contributed by atoms with Crippen LogP contribution in [0.3, 0.4) is 0 Å². The lowest BCUT2D eigenvalue weighted by atomic mass is 9.94. The predicted molar refractivity (Wildman–Crippen MR) is 78.3 cm³/mol. The van der Waals surface area contributed by atoms with Gasteiger partial charge in [-0.05, 0) is 49.1 Å². The summed E-state index contributed by atoms with van der Waals surface area (Å²) in [4.78, 5) is 18.5. The first-order chi connectivity index (χ1) is 10.3. The molecule has 0 bridgehead atoms. The van der Waals surface area contributed by atoms with Crippen molar-refractivity contribution in [3.8, 4) is 0 Å². The van der Waals surface area contributed by atoms with Crippen LogP contribution in [0.5, 0.6) is 0 Å². The van der Waals surface area contributed by atoms with E-state index in [1.54, 1.807) is 36.7 Å². The standard InChI is InChI=1S/C17H17FN2O/c18-15-6-4-13(5-7-15)16-3-1-2-12-20(16)17(21)14-8-10-19-11-9-14/h4-11,16H,1-3,12H2/t16-/m0/s1. The maximum atomic E-state index is 13.1. The van der Waals surface area contributed by atoms with E-state index in [1.807, 2.05) is 4.90 Å². The molecule has 0 saturated carbocycles. The smallest absolute Gasteiger partial charge is 0.254 e. The van der Waals surface area contributed by atoms with Crippen LogP contribution in [0.25, 0.3) is 0 Å². The fraction of sp³-hybridized carbons (Fsp3) is 0.294. The van der Waals surface area contributed by atoms with E-state index in [1.165, 1.54) is 12.1 Å². The van der Waals surface area contributed by atoms with E-state index in [2.05, 4.69) is 4.98 Å².